The summed E-state index contributed by atoms with van der Waals surface area (Å²) >= 11 is 0. The first-order chi connectivity index (χ1) is 17.3. The molecule has 1 aromatic heterocycles. The molecule has 0 amide bonds. The fourth-order valence-electron chi connectivity index (χ4n) is 6.20. The lowest BCUT2D eigenvalue weighted by Gasteiger charge is -2.31. The molecule has 9 heteroatoms. The normalized spacial score (nSPS) is 23.5. The van der Waals surface area contributed by atoms with Crippen LogP contribution in [0, 0.1) is 17.8 Å². The second kappa shape index (κ2) is 9.86. The fourth-order valence-corrected chi connectivity index (χ4v) is 7.72. The standard InChI is InChI=1S/C27H31NO7S/c1-34-24-14-21-19-7-3-4-8-22(19)35-23(21)15-25(24)36(32,33)28-27-17-11-10-16(12-17)20(27)13-18(29)6-2-5-9-26(30)31/h3-4,7-8,14-17,20,27-28H,2,5-6,9-13H2,1H3,(H,30,31)/t16-,17+,20+,27+/m0/s1. The van der Waals surface area contributed by atoms with E-state index in [9.17, 15) is 18.0 Å². The van der Waals surface area contributed by atoms with Gasteiger partial charge in [-0.05, 0) is 62.0 Å². The van der Waals surface area contributed by atoms with E-state index < -0.39 is 16.0 Å². The molecule has 0 unspecified atom stereocenters. The number of carbonyl (C=O) groups excluding carboxylic acids is 1. The predicted octanol–water partition coefficient (Wildman–Crippen LogP) is 4.89. The van der Waals surface area contributed by atoms with Crippen LogP contribution in [0.1, 0.15) is 51.4 Å². The van der Waals surface area contributed by atoms with Crippen molar-refractivity contribution in [1.82, 2.24) is 4.72 Å². The summed E-state index contributed by atoms with van der Waals surface area (Å²) in [6.45, 7) is 0. The number of carboxylic acid groups (broad SMARTS) is 1. The van der Waals surface area contributed by atoms with E-state index in [1.54, 1.807) is 6.07 Å². The average Bonchev–Trinajstić information content (AvgIpc) is 3.54. The van der Waals surface area contributed by atoms with Crippen molar-refractivity contribution in [3.8, 4) is 5.75 Å². The van der Waals surface area contributed by atoms with E-state index in [0.717, 1.165) is 30.0 Å². The van der Waals surface area contributed by atoms with Crippen LogP contribution in [0.25, 0.3) is 21.9 Å². The van der Waals surface area contributed by atoms with Crippen LogP contribution >= 0.6 is 0 Å². The van der Waals surface area contributed by atoms with E-state index in [1.165, 1.54) is 13.2 Å². The van der Waals surface area contributed by atoms with Crippen molar-refractivity contribution in [2.75, 3.05) is 7.11 Å². The number of ether oxygens (including phenoxy) is 1. The minimum atomic E-state index is -3.95. The molecule has 2 saturated carbocycles. The summed E-state index contributed by atoms with van der Waals surface area (Å²) in [6.07, 6.45) is 4.59. The molecule has 5 rings (SSSR count). The third kappa shape index (κ3) is 4.74. The lowest BCUT2D eigenvalue weighted by Crippen LogP contribution is -2.44. The summed E-state index contributed by atoms with van der Waals surface area (Å²) in [6, 6.07) is 10.4. The Bertz CT molecular complexity index is 1410. The zero-order valence-corrected chi connectivity index (χ0v) is 21.1. The van der Waals surface area contributed by atoms with E-state index in [-0.39, 0.29) is 40.7 Å². The van der Waals surface area contributed by atoms with Gasteiger partial charge in [-0.1, -0.05) is 18.2 Å². The smallest absolute Gasteiger partial charge is 0.303 e. The molecule has 2 aromatic carbocycles. The third-order valence-electron chi connectivity index (χ3n) is 7.89. The Morgan fingerprint density at radius 2 is 1.81 bits per heavy atom. The van der Waals surface area contributed by atoms with Crippen LogP contribution in [0.4, 0.5) is 0 Å². The number of unbranched alkanes of at least 4 members (excludes halogenated alkanes) is 1. The number of ketones is 1. The minimum absolute atomic E-state index is 0.0260. The molecule has 0 radical (unpaired) electrons. The number of Topliss-reactive ketones (excluding diaryl/α,β-unsaturated/α-hetero) is 1. The predicted molar refractivity (Wildman–Crippen MR) is 134 cm³/mol. The van der Waals surface area contributed by atoms with Crippen LogP contribution in [0.5, 0.6) is 5.75 Å². The second-order valence-electron chi connectivity index (χ2n) is 10.1. The molecule has 2 fully saturated rings. The number of furan rings is 1. The Kier molecular flexibility index (Phi) is 6.78. The molecule has 2 aliphatic carbocycles. The summed E-state index contributed by atoms with van der Waals surface area (Å²) in [4.78, 5) is 23.4. The number of hydrogen-bond donors (Lipinski definition) is 2. The van der Waals surface area contributed by atoms with Crippen LogP contribution in [0.3, 0.4) is 0 Å². The lowest BCUT2D eigenvalue weighted by atomic mass is 9.81. The number of rotatable bonds is 11. The van der Waals surface area contributed by atoms with Gasteiger partial charge >= 0.3 is 5.97 Å². The number of fused-ring (bicyclic) bond motifs is 5. The molecule has 1 heterocycles. The average molecular weight is 514 g/mol. The summed E-state index contributed by atoms with van der Waals surface area (Å²) in [5.74, 6) is -0.0622. The number of aliphatic carboxylic acids is 1. The third-order valence-corrected chi connectivity index (χ3v) is 9.37. The van der Waals surface area contributed by atoms with Crippen molar-refractivity contribution in [1.29, 1.82) is 0 Å². The van der Waals surface area contributed by atoms with Gasteiger partial charge < -0.3 is 14.3 Å². The van der Waals surface area contributed by atoms with Gasteiger partial charge in [-0.2, -0.15) is 0 Å². The summed E-state index contributed by atoms with van der Waals surface area (Å²) < 4.78 is 41.6. The quantitative estimate of drug-likeness (QED) is 0.350. The van der Waals surface area contributed by atoms with E-state index in [4.69, 9.17) is 14.3 Å². The molecular weight excluding hydrogens is 482 g/mol. The van der Waals surface area contributed by atoms with Crippen molar-refractivity contribution in [2.24, 2.45) is 17.8 Å². The number of nitrogens with one attached hydrogen (secondary N) is 1. The van der Waals surface area contributed by atoms with Crippen LogP contribution in [-0.2, 0) is 19.6 Å². The topological polar surface area (TPSA) is 123 Å². The largest absolute Gasteiger partial charge is 0.495 e. The van der Waals surface area contributed by atoms with Gasteiger partial charge in [0.1, 0.15) is 27.6 Å². The maximum absolute atomic E-state index is 13.6. The zero-order chi connectivity index (χ0) is 25.4. The molecule has 36 heavy (non-hydrogen) atoms. The Balaban J connectivity index is 1.37. The second-order valence-corrected chi connectivity index (χ2v) is 11.8. The Morgan fingerprint density at radius 1 is 1.06 bits per heavy atom. The van der Waals surface area contributed by atoms with Gasteiger partial charge in [0.2, 0.25) is 10.0 Å². The zero-order valence-electron chi connectivity index (χ0n) is 20.2. The molecular formula is C27H31NO7S. The van der Waals surface area contributed by atoms with Crippen molar-refractivity contribution in [2.45, 2.75) is 62.3 Å². The van der Waals surface area contributed by atoms with Crippen LogP contribution in [-0.4, -0.2) is 38.4 Å². The van der Waals surface area contributed by atoms with E-state index in [0.29, 0.717) is 42.8 Å². The minimum Gasteiger partial charge on any atom is -0.495 e. The van der Waals surface area contributed by atoms with E-state index in [2.05, 4.69) is 4.72 Å². The molecule has 2 N–H and O–H groups in total. The molecule has 2 aliphatic rings. The van der Waals surface area contributed by atoms with Crippen molar-refractivity contribution in [3.05, 3.63) is 36.4 Å². The highest BCUT2D eigenvalue weighted by molar-refractivity contribution is 7.89. The van der Waals surface area contributed by atoms with Gasteiger partial charge in [0.25, 0.3) is 0 Å². The number of hydrogen-bond acceptors (Lipinski definition) is 6. The highest BCUT2D eigenvalue weighted by Gasteiger charge is 2.49. The van der Waals surface area contributed by atoms with Gasteiger partial charge in [-0.15, -0.1) is 0 Å². The molecule has 8 nitrogen and oxygen atoms in total. The Labute approximate surface area is 210 Å². The first kappa shape index (κ1) is 24.8. The Morgan fingerprint density at radius 3 is 2.58 bits per heavy atom. The van der Waals surface area contributed by atoms with Crippen molar-refractivity contribution in [3.63, 3.8) is 0 Å². The van der Waals surface area contributed by atoms with Gasteiger partial charge in [-0.25, -0.2) is 13.1 Å². The van der Waals surface area contributed by atoms with Crippen molar-refractivity contribution < 1.29 is 32.3 Å². The van der Waals surface area contributed by atoms with Gasteiger partial charge in [-0.3, -0.25) is 9.59 Å². The summed E-state index contributed by atoms with van der Waals surface area (Å²) in [5.41, 5.74) is 1.14. The fraction of sp³-hybridized carbons (Fsp3) is 0.481. The first-order valence-corrected chi connectivity index (χ1v) is 14.0. The summed E-state index contributed by atoms with van der Waals surface area (Å²) in [7, 11) is -2.50. The first-order valence-electron chi connectivity index (χ1n) is 12.5. The maximum atomic E-state index is 13.6. The van der Waals surface area contributed by atoms with Crippen molar-refractivity contribution >= 4 is 43.7 Å². The molecule has 3 aromatic rings. The van der Waals surface area contributed by atoms with E-state index >= 15 is 0 Å². The SMILES string of the molecule is COc1cc2c(cc1S(=O)(=O)N[C@@H]1[C@@H]3CC[C@@H](C3)[C@H]1CC(=O)CCCCC(=O)O)oc1ccccc12. The number of carboxylic acids is 1. The number of benzene rings is 2. The Hall–Kier alpha value is -2.91. The molecule has 0 saturated heterocycles. The molecule has 192 valence electrons. The van der Waals surface area contributed by atoms with Gasteiger partial charge in [0.15, 0.2) is 0 Å². The number of para-hydroxylation sites is 1. The number of methoxy groups -OCH3 is 1. The molecule has 2 bridgehead atoms. The molecule has 4 atom stereocenters. The molecule has 0 aliphatic heterocycles. The van der Waals surface area contributed by atoms with Crippen LogP contribution in [0.15, 0.2) is 45.7 Å². The highest BCUT2D eigenvalue weighted by Crippen LogP contribution is 2.50. The maximum Gasteiger partial charge on any atom is 0.303 e. The molecule has 0 spiro atoms. The number of sulfonamides is 1. The van der Waals surface area contributed by atoms with Gasteiger partial charge in [0.05, 0.1) is 7.11 Å². The van der Waals surface area contributed by atoms with Gasteiger partial charge in [0, 0.05) is 42.1 Å². The summed E-state index contributed by atoms with van der Waals surface area (Å²) in [5, 5.41) is 10.5. The highest BCUT2D eigenvalue weighted by atomic mass is 32.2. The monoisotopic (exact) mass is 513 g/mol. The number of carbonyl (C=O) groups is 2. The van der Waals surface area contributed by atoms with Crippen LogP contribution in [0.2, 0.25) is 0 Å². The lowest BCUT2D eigenvalue weighted by molar-refractivity contribution is -0.137. The van der Waals surface area contributed by atoms with Crippen LogP contribution < -0.4 is 9.46 Å². The van der Waals surface area contributed by atoms with E-state index in [1.807, 2.05) is 24.3 Å².